The first-order valence-corrected chi connectivity index (χ1v) is 9.40. The number of nitrogens with zero attached hydrogens (tertiary/aromatic N) is 4. The average molecular weight is 380 g/mol. The molecule has 2 aromatic heterocycles. The zero-order valence-corrected chi connectivity index (χ0v) is 15.6. The normalized spacial score (nSPS) is 16.9. The Morgan fingerprint density at radius 1 is 1.29 bits per heavy atom. The van der Waals surface area contributed by atoms with Gasteiger partial charge in [-0.15, -0.1) is 0 Å². The molecule has 0 bridgehead atoms. The molecule has 0 radical (unpaired) electrons. The Hall–Kier alpha value is -3.09. The van der Waals surface area contributed by atoms with Crippen LogP contribution in [0.25, 0.3) is 0 Å². The highest BCUT2D eigenvalue weighted by Crippen LogP contribution is 2.32. The van der Waals surface area contributed by atoms with Crippen LogP contribution in [0.4, 0.5) is 4.39 Å². The van der Waals surface area contributed by atoms with Crippen LogP contribution in [-0.4, -0.2) is 32.3 Å². The highest BCUT2D eigenvalue weighted by atomic mass is 19.1. The first kappa shape index (κ1) is 18.3. The molecule has 1 amide bonds. The van der Waals surface area contributed by atoms with Gasteiger partial charge in [0.05, 0.1) is 6.20 Å². The van der Waals surface area contributed by atoms with Crippen molar-refractivity contribution in [1.29, 1.82) is 0 Å². The number of benzene rings is 1. The molecule has 1 saturated heterocycles. The maximum atomic E-state index is 13.4. The molecular formula is C21H21FN4O2. The largest absolute Gasteiger partial charge is 0.443 e. The molecule has 4 rings (SSSR count). The van der Waals surface area contributed by atoms with Crippen molar-refractivity contribution in [3.8, 4) is 0 Å². The lowest BCUT2D eigenvalue weighted by Crippen LogP contribution is -2.39. The minimum Gasteiger partial charge on any atom is -0.443 e. The first-order valence-electron chi connectivity index (χ1n) is 9.40. The van der Waals surface area contributed by atoms with Gasteiger partial charge in [0, 0.05) is 19.2 Å². The second-order valence-electron chi connectivity index (χ2n) is 6.97. The van der Waals surface area contributed by atoms with Gasteiger partial charge in [-0.2, -0.15) is 0 Å². The number of piperidine rings is 1. The second kappa shape index (κ2) is 7.88. The van der Waals surface area contributed by atoms with Gasteiger partial charge in [-0.1, -0.05) is 12.1 Å². The molecule has 1 aliphatic heterocycles. The molecule has 0 saturated carbocycles. The summed E-state index contributed by atoms with van der Waals surface area (Å²) >= 11 is 0. The number of likely N-dealkylation sites (tertiary alicyclic amines) is 1. The van der Waals surface area contributed by atoms with E-state index in [-0.39, 0.29) is 17.8 Å². The lowest BCUT2D eigenvalue weighted by molar-refractivity contribution is 0.0563. The number of amides is 1. The van der Waals surface area contributed by atoms with Crippen LogP contribution in [0.2, 0.25) is 0 Å². The lowest BCUT2D eigenvalue weighted by atomic mass is 10.0. The molecule has 1 aromatic carbocycles. The monoisotopic (exact) mass is 380 g/mol. The van der Waals surface area contributed by atoms with E-state index in [4.69, 9.17) is 4.42 Å². The molecule has 144 valence electrons. The van der Waals surface area contributed by atoms with Gasteiger partial charge in [-0.05, 0) is 49.9 Å². The Balaban J connectivity index is 1.55. The number of aromatic nitrogens is 3. The van der Waals surface area contributed by atoms with Crippen molar-refractivity contribution < 1.29 is 13.6 Å². The molecule has 0 N–H and O–H groups in total. The number of oxazole rings is 1. The van der Waals surface area contributed by atoms with Crippen LogP contribution in [0.15, 0.2) is 47.1 Å². The fourth-order valence-corrected chi connectivity index (χ4v) is 3.56. The van der Waals surface area contributed by atoms with Gasteiger partial charge in [0.1, 0.15) is 29.1 Å². The highest BCUT2D eigenvalue weighted by molar-refractivity contribution is 5.92. The molecule has 7 heteroatoms. The van der Waals surface area contributed by atoms with E-state index in [1.807, 2.05) is 6.07 Å². The number of rotatable bonds is 4. The van der Waals surface area contributed by atoms with Crippen LogP contribution in [0, 0.1) is 12.7 Å². The predicted octanol–water partition coefficient (Wildman–Crippen LogP) is 3.87. The molecule has 0 spiro atoms. The molecule has 28 heavy (non-hydrogen) atoms. The Bertz CT molecular complexity index is 988. The molecule has 1 aliphatic rings. The Morgan fingerprint density at radius 3 is 3.00 bits per heavy atom. The third kappa shape index (κ3) is 3.93. The maximum Gasteiger partial charge on any atom is 0.273 e. The van der Waals surface area contributed by atoms with Crippen molar-refractivity contribution in [1.82, 2.24) is 19.9 Å². The lowest BCUT2D eigenvalue weighted by Gasteiger charge is -2.33. The van der Waals surface area contributed by atoms with Crippen molar-refractivity contribution in [2.45, 2.75) is 38.6 Å². The molecule has 0 aliphatic carbocycles. The first-order chi connectivity index (χ1) is 13.6. The second-order valence-corrected chi connectivity index (χ2v) is 6.97. The van der Waals surface area contributed by atoms with Gasteiger partial charge in [0.2, 0.25) is 5.89 Å². The van der Waals surface area contributed by atoms with E-state index in [9.17, 15) is 9.18 Å². The van der Waals surface area contributed by atoms with Gasteiger partial charge in [-0.25, -0.2) is 19.3 Å². The predicted molar refractivity (Wildman–Crippen MR) is 100 cm³/mol. The third-order valence-corrected chi connectivity index (χ3v) is 4.88. The summed E-state index contributed by atoms with van der Waals surface area (Å²) in [5, 5.41) is 0. The fourth-order valence-electron chi connectivity index (χ4n) is 3.56. The van der Waals surface area contributed by atoms with E-state index in [0.29, 0.717) is 36.1 Å². The van der Waals surface area contributed by atoms with E-state index in [2.05, 4.69) is 15.0 Å². The SMILES string of the molecule is Cc1nccc(C(=O)N2CCCCC2c2ncc(Cc3cccc(F)c3)o2)n1. The van der Waals surface area contributed by atoms with Gasteiger partial charge in [0.15, 0.2) is 0 Å². The number of aryl methyl sites for hydroxylation is 1. The summed E-state index contributed by atoms with van der Waals surface area (Å²) in [4.78, 5) is 27.5. The van der Waals surface area contributed by atoms with Gasteiger partial charge in [0.25, 0.3) is 5.91 Å². The smallest absolute Gasteiger partial charge is 0.273 e. The average Bonchev–Trinajstić information content (AvgIpc) is 3.16. The van der Waals surface area contributed by atoms with Gasteiger partial charge in [-0.3, -0.25) is 4.79 Å². The number of hydrogen-bond donors (Lipinski definition) is 0. The summed E-state index contributed by atoms with van der Waals surface area (Å²) in [5.74, 6) is 1.32. The molecule has 3 heterocycles. The molecule has 1 unspecified atom stereocenters. The highest BCUT2D eigenvalue weighted by Gasteiger charge is 2.32. The molecule has 6 nitrogen and oxygen atoms in total. The zero-order chi connectivity index (χ0) is 19.5. The van der Waals surface area contributed by atoms with E-state index >= 15 is 0 Å². The number of hydrogen-bond acceptors (Lipinski definition) is 5. The number of halogens is 1. The van der Waals surface area contributed by atoms with Crippen LogP contribution in [-0.2, 0) is 6.42 Å². The van der Waals surface area contributed by atoms with Crippen molar-refractivity contribution >= 4 is 5.91 Å². The van der Waals surface area contributed by atoms with Crippen molar-refractivity contribution in [2.75, 3.05) is 6.54 Å². The minimum atomic E-state index is -0.276. The van der Waals surface area contributed by atoms with Crippen LogP contribution in [0.5, 0.6) is 0 Å². The quantitative estimate of drug-likeness (QED) is 0.687. The van der Waals surface area contributed by atoms with Crippen molar-refractivity contribution in [3.05, 3.63) is 77.3 Å². The molecular weight excluding hydrogens is 359 g/mol. The fraction of sp³-hybridized carbons (Fsp3) is 0.333. The summed E-state index contributed by atoms with van der Waals surface area (Å²) < 4.78 is 19.3. The van der Waals surface area contributed by atoms with E-state index in [1.165, 1.54) is 12.1 Å². The van der Waals surface area contributed by atoms with Crippen LogP contribution in [0.1, 0.15) is 58.8 Å². The maximum absolute atomic E-state index is 13.4. The standard InChI is InChI=1S/C21H21FN4O2/c1-14-23-9-8-18(25-14)21(27)26-10-3-2-7-19(26)20-24-13-17(28-20)12-15-5-4-6-16(22)11-15/h4-6,8-9,11,13,19H,2-3,7,10,12H2,1H3. The summed E-state index contributed by atoms with van der Waals surface area (Å²) in [6.45, 7) is 2.39. The summed E-state index contributed by atoms with van der Waals surface area (Å²) in [5.41, 5.74) is 1.20. The van der Waals surface area contributed by atoms with E-state index in [1.54, 1.807) is 36.4 Å². The van der Waals surface area contributed by atoms with Gasteiger partial charge < -0.3 is 9.32 Å². The van der Waals surface area contributed by atoms with Crippen molar-refractivity contribution in [2.24, 2.45) is 0 Å². The topological polar surface area (TPSA) is 72.1 Å². The number of carbonyl (C=O) groups is 1. The third-order valence-electron chi connectivity index (χ3n) is 4.88. The summed E-state index contributed by atoms with van der Waals surface area (Å²) in [7, 11) is 0. The molecule has 1 fully saturated rings. The number of carbonyl (C=O) groups excluding carboxylic acids is 1. The summed E-state index contributed by atoms with van der Waals surface area (Å²) in [6.07, 6.45) is 6.43. The van der Waals surface area contributed by atoms with Crippen molar-refractivity contribution in [3.63, 3.8) is 0 Å². The molecule has 3 aromatic rings. The Kier molecular flexibility index (Phi) is 5.14. The Morgan fingerprint density at radius 2 is 2.18 bits per heavy atom. The van der Waals surface area contributed by atoms with E-state index in [0.717, 1.165) is 24.8 Å². The zero-order valence-electron chi connectivity index (χ0n) is 15.6. The van der Waals surface area contributed by atoms with Crippen LogP contribution in [0.3, 0.4) is 0 Å². The molecule has 1 atom stereocenters. The van der Waals surface area contributed by atoms with E-state index < -0.39 is 0 Å². The Labute approximate surface area is 162 Å². The van der Waals surface area contributed by atoms with Gasteiger partial charge >= 0.3 is 0 Å². The summed E-state index contributed by atoms with van der Waals surface area (Å²) in [6, 6.07) is 7.82. The van der Waals surface area contributed by atoms with Crippen LogP contribution < -0.4 is 0 Å². The van der Waals surface area contributed by atoms with Crippen LogP contribution >= 0.6 is 0 Å². The minimum absolute atomic E-state index is 0.139.